The first-order chi connectivity index (χ1) is 7.70. The van der Waals surface area contributed by atoms with Crippen molar-refractivity contribution in [2.45, 2.75) is 36.5 Å². The Labute approximate surface area is 99.8 Å². The number of aromatic nitrogens is 2. The zero-order valence-electron chi connectivity index (χ0n) is 9.21. The summed E-state index contributed by atoms with van der Waals surface area (Å²) >= 11 is 0.415. The van der Waals surface area contributed by atoms with Gasteiger partial charge in [0, 0.05) is 17.8 Å². The molecule has 1 rings (SSSR count). The van der Waals surface area contributed by atoms with Gasteiger partial charge in [0.15, 0.2) is 5.16 Å². The summed E-state index contributed by atoms with van der Waals surface area (Å²) in [6.45, 7) is 2.80. The van der Waals surface area contributed by atoms with E-state index in [-0.39, 0.29) is 5.16 Å². The monoisotopic (exact) mass is 267 g/mol. The lowest BCUT2D eigenvalue weighted by Crippen LogP contribution is -2.40. The number of nitrogens with two attached hydrogens (primary N) is 1. The van der Waals surface area contributed by atoms with E-state index in [9.17, 15) is 18.0 Å². The van der Waals surface area contributed by atoms with E-state index in [2.05, 4.69) is 9.97 Å². The van der Waals surface area contributed by atoms with Crippen LogP contribution in [0.4, 0.5) is 13.2 Å². The van der Waals surface area contributed by atoms with Crippen LogP contribution in [0, 0.1) is 6.92 Å². The first-order valence-electron chi connectivity index (χ1n) is 4.77. The molecular weight excluding hydrogens is 255 g/mol. The van der Waals surface area contributed by atoms with E-state index in [4.69, 9.17) is 5.73 Å². The van der Waals surface area contributed by atoms with Crippen LogP contribution in [0.3, 0.4) is 0 Å². The Morgan fingerprint density at radius 2 is 2.12 bits per heavy atom. The molecule has 0 fully saturated rings. The third-order valence-electron chi connectivity index (χ3n) is 1.89. The van der Waals surface area contributed by atoms with Gasteiger partial charge in [0.05, 0.1) is 0 Å². The number of nitrogens with zero attached hydrogens (tertiary/aromatic N) is 1. The van der Waals surface area contributed by atoms with Crippen molar-refractivity contribution in [1.29, 1.82) is 0 Å². The molecule has 96 valence electrons. The van der Waals surface area contributed by atoms with Gasteiger partial charge in [-0.05, 0) is 13.8 Å². The van der Waals surface area contributed by atoms with Crippen molar-refractivity contribution < 1.29 is 13.2 Å². The number of alkyl halides is 3. The molecule has 0 aliphatic rings. The number of aryl methyl sites for hydroxylation is 1. The fourth-order valence-corrected chi connectivity index (χ4v) is 2.14. The summed E-state index contributed by atoms with van der Waals surface area (Å²) in [7, 11) is 0. The van der Waals surface area contributed by atoms with E-state index in [0.717, 1.165) is 0 Å². The van der Waals surface area contributed by atoms with Gasteiger partial charge in [-0.1, -0.05) is 11.8 Å². The molecule has 2 unspecified atom stereocenters. The molecule has 8 heteroatoms. The highest BCUT2D eigenvalue weighted by Crippen LogP contribution is 2.34. The van der Waals surface area contributed by atoms with Crippen molar-refractivity contribution >= 4 is 11.8 Å². The van der Waals surface area contributed by atoms with Gasteiger partial charge in [0.25, 0.3) is 5.56 Å². The maximum absolute atomic E-state index is 12.6. The maximum Gasteiger partial charge on any atom is 0.402 e. The van der Waals surface area contributed by atoms with Crippen molar-refractivity contribution in [2.24, 2.45) is 5.73 Å². The summed E-state index contributed by atoms with van der Waals surface area (Å²) < 4.78 is 37.9. The first-order valence-corrected chi connectivity index (χ1v) is 5.65. The third kappa shape index (κ3) is 4.04. The second-order valence-corrected chi connectivity index (χ2v) is 4.76. The summed E-state index contributed by atoms with van der Waals surface area (Å²) in [5, 5.41) is -1.87. The van der Waals surface area contributed by atoms with Gasteiger partial charge >= 0.3 is 6.18 Å². The van der Waals surface area contributed by atoms with Gasteiger partial charge in [0.1, 0.15) is 5.25 Å². The Balaban J connectivity index is 2.98. The fourth-order valence-electron chi connectivity index (χ4n) is 1.20. The molecule has 2 atom stereocenters. The second kappa shape index (κ2) is 5.09. The lowest BCUT2D eigenvalue weighted by Gasteiger charge is -2.22. The minimum absolute atomic E-state index is 0.0744. The summed E-state index contributed by atoms with van der Waals surface area (Å²) in [5.41, 5.74) is 5.17. The largest absolute Gasteiger partial charge is 0.402 e. The maximum atomic E-state index is 12.6. The predicted octanol–water partition coefficient (Wildman–Crippen LogP) is 1.45. The van der Waals surface area contributed by atoms with E-state index in [1.807, 2.05) is 0 Å². The molecule has 3 N–H and O–H groups in total. The number of rotatable bonds is 3. The number of thioether (sulfide) groups is 1. The van der Waals surface area contributed by atoms with Crippen LogP contribution < -0.4 is 11.3 Å². The van der Waals surface area contributed by atoms with E-state index in [0.29, 0.717) is 17.5 Å². The molecule has 0 aliphatic carbocycles. The van der Waals surface area contributed by atoms with Gasteiger partial charge in [-0.3, -0.25) is 4.79 Å². The molecule has 0 radical (unpaired) electrons. The zero-order valence-corrected chi connectivity index (χ0v) is 10.0. The zero-order chi connectivity index (χ0) is 13.2. The number of nitrogens with one attached hydrogen (secondary N) is 1. The minimum Gasteiger partial charge on any atom is -0.327 e. The van der Waals surface area contributed by atoms with Crippen LogP contribution in [0.2, 0.25) is 0 Å². The number of aromatic amines is 1. The molecule has 0 saturated heterocycles. The second-order valence-electron chi connectivity index (χ2n) is 3.63. The van der Waals surface area contributed by atoms with Gasteiger partial charge in [0.2, 0.25) is 0 Å². The highest BCUT2D eigenvalue weighted by Gasteiger charge is 2.43. The standard InChI is InChI=1S/C9H12F3N3OS/c1-4-3-6(16)15-8(14-4)17-7(5(2)13)9(10,11)12/h3,5,7H,13H2,1-2H3,(H,14,15,16). The Kier molecular flexibility index (Phi) is 4.21. The topological polar surface area (TPSA) is 71.8 Å². The Morgan fingerprint density at radius 1 is 1.53 bits per heavy atom. The first kappa shape index (κ1) is 14.0. The SMILES string of the molecule is Cc1cc(=O)[nH]c(SC(C(C)N)C(F)(F)F)n1. The van der Waals surface area contributed by atoms with Gasteiger partial charge in [-0.15, -0.1) is 0 Å². The van der Waals surface area contributed by atoms with Crippen LogP contribution >= 0.6 is 11.8 Å². The highest BCUT2D eigenvalue weighted by atomic mass is 32.2. The molecule has 0 spiro atoms. The number of hydrogen-bond acceptors (Lipinski definition) is 4. The third-order valence-corrected chi connectivity index (χ3v) is 3.25. The van der Waals surface area contributed by atoms with E-state index < -0.39 is 23.0 Å². The molecule has 17 heavy (non-hydrogen) atoms. The van der Waals surface area contributed by atoms with Gasteiger partial charge < -0.3 is 10.7 Å². The summed E-state index contributed by atoms with van der Waals surface area (Å²) in [6.07, 6.45) is -4.44. The van der Waals surface area contributed by atoms with Crippen molar-refractivity contribution in [3.63, 3.8) is 0 Å². The number of H-pyrrole nitrogens is 1. The molecule has 1 aromatic heterocycles. The molecule has 0 amide bonds. The van der Waals surface area contributed by atoms with Crippen LogP contribution in [0.1, 0.15) is 12.6 Å². The molecule has 1 heterocycles. The Morgan fingerprint density at radius 3 is 2.53 bits per heavy atom. The minimum atomic E-state index is -4.44. The van der Waals surface area contributed by atoms with Crippen LogP contribution in [0.15, 0.2) is 16.0 Å². The summed E-state index contributed by atoms with van der Waals surface area (Å²) in [5.74, 6) is 0. The highest BCUT2D eigenvalue weighted by molar-refractivity contribution is 7.99. The summed E-state index contributed by atoms with van der Waals surface area (Å²) in [6, 6.07) is 0.115. The lowest BCUT2D eigenvalue weighted by molar-refractivity contribution is -0.131. The van der Waals surface area contributed by atoms with Crippen molar-refractivity contribution in [3.8, 4) is 0 Å². The quantitative estimate of drug-likeness (QED) is 0.642. The van der Waals surface area contributed by atoms with Crippen LogP contribution in [-0.2, 0) is 0 Å². The molecule has 1 aromatic rings. The van der Waals surface area contributed by atoms with E-state index in [1.54, 1.807) is 0 Å². The number of halogens is 3. The fraction of sp³-hybridized carbons (Fsp3) is 0.556. The van der Waals surface area contributed by atoms with Crippen molar-refractivity contribution in [3.05, 3.63) is 22.1 Å². The average Bonchev–Trinajstić information content (AvgIpc) is 2.10. The molecular formula is C9H12F3N3OS. The molecule has 4 nitrogen and oxygen atoms in total. The smallest absolute Gasteiger partial charge is 0.327 e. The Bertz CT molecular complexity index is 444. The van der Waals surface area contributed by atoms with Gasteiger partial charge in [-0.25, -0.2) is 4.98 Å². The normalized spacial score (nSPS) is 15.6. The van der Waals surface area contributed by atoms with Crippen LogP contribution in [-0.4, -0.2) is 27.4 Å². The molecule has 0 aromatic carbocycles. The molecule has 0 aliphatic heterocycles. The van der Waals surface area contributed by atoms with Crippen molar-refractivity contribution in [1.82, 2.24) is 9.97 Å². The summed E-state index contributed by atoms with van der Waals surface area (Å²) in [4.78, 5) is 17.2. The lowest BCUT2D eigenvalue weighted by atomic mass is 10.2. The van der Waals surface area contributed by atoms with Gasteiger partial charge in [-0.2, -0.15) is 13.2 Å². The van der Waals surface area contributed by atoms with Crippen LogP contribution in [0.5, 0.6) is 0 Å². The Hall–Kier alpha value is -1.02. The predicted molar refractivity (Wildman–Crippen MR) is 58.9 cm³/mol. The van der Waals surface area contributed by atoms with E-state index in [1.165, 1.54) is 19.9 Å². The molecule has 0 saturated carbocycles. The van der Waals surface area contributed by atoms with Crippen molar-refractivity contribution in [2.75, 3.05) is 0 Å². The van der Waals surface area contributed by atoms with Crippen LogP contribution in [0.25, 0.3) is 0 Å². The molecule has 0 bridgehead atoms. The number of hydrogen-bond donors (Lipinski definition) is 2. The van der Waals surface area contributed by atoms with E-state index >= 15 is 0 Å². The average molecular weight is 267 g/mol.